The third-order valence-electron chi connectivity index (χ3n) is 3.02. The minimum Gasteiger partial charge on any atom is -0.394 e. The zero-order chi connectivity index (χ0) is 13.3. The molecule has 1 aliphatic heterocycles. The van der Waals surface area contributed by atoms with Crippen LogP contribution >= 0.6 is 0 Å². The second kappa shape index (κ2) is 5.05. The van der Waals surface area contributed by atoms with Gasteiger partial charge in [-0.3, -0.25) is 14.3 Å². The van der Waals surface area contributed by atoms with Crippen molar-refractivity contribution >= 4 is 0 Å². The summed E-state index contributed by atoms with van der Waals surface area (Å²) in [6.45, 7) is 1.36. The first-order valence-corrected chi connectivity index (χ1v) is 5.77. The van der Waals surface area contributed by atoms with Gasteiger partial charge in [0.25, 0.3) is 5.56 Å². The monoisotopic (exact) mass is 256 g/mol. The molecule has 0 amide bonds. The van der Waals surface area contributed by atoms with Crippen LogP contribution in [-0.2, 0) is 4.74 Å². The molecule has 100 valence electrons. The van der Waals surface area contributed by atoms with E-state index < -0.39 is 29.7 Å². The van der Waals surface area contributed by atoms with Gasteiger partial charge in [0.15, 0.2) is 0 Å². The Hall–Kier alpha value is -1.44. The number of aliphatic hydroxyl groups is 2. The van der Waals surface area contributed by atoms with Crippen LogP contribution in [0.3, 0.4) is 0 Å². The lowest BCUT2D eigenvalue weighted by atomic mass is 10.0. The van der Waals surface area contributed by atoms with E-state index in [2.05, 4.69) is 4.98 Å². The number of aryl methyl sites for hydroxylation is 1. The smallest absolute Gasteiger partial charge is 0.330 e. The Morgan fingerprint density at radius 1 is 1.50 bits per heavy atom. The predicted octanol–water partition coefficient (Wildman–Crippen LogP) is -1.12. The van der Waals surface area contributed by atoms with E-state index in [1.54, 1.807) is 6.92 Å². The fourth-order valence-electron chi connectivity index (χ4n) is 2.06. The van der Waals surface area contributed by atoms with Crippen molar-refractivity contribution in [3.63, 3.8) is 0 Å². The van der Waals surface area contributed by atoms with Crippen molar-refractivity contribution in [1.29, 1.82) is 0 Å². The fraction of sp³-hybridized carbons (Fsp3) is 0.636. The van der Waals surface area contributed by atoms with E-state index in [0.717, 1.165) is 0 Å². The summed E-state index contributed by atoms with van der Waals surface area (Å²) >= 11 is 0. The van der Waals surface area contributed by atoms with Crippen molar-refractivity contribution < 1.29 is 14.9 Å². The van der Waals surface area contributed by atoms with Gasteiger partial charge in [-0.15, -0.1) is 0 Å². The molecule has 7 nitrogen and oxygen atoms in total. The van der Waals surface area contributed by atoms with Crippen LogP contribution < -0.4 is 11.2 Å². The van der Waals surface area contributed by atoms with E-state index in [1.807, 2.05) is 0 Å². The van der Waals surface area contributed by atoms with Gasteiger partial charge in [-0.05, 0) is 6.92 Å². The molecule has 1 aliphatic rings. The van der Waals surface area contributed by atoms with Crippen molar-refractivity contribution in [3.05, 3.63) is 32.6 Å². The molecule has 2 heterocycles. The van der Waals surface area contributed by atoms with Crippen molar-refractivity contribution in [2.75, 3.05) is 6.61 Å². The zero-order valence-corrected chi connectivity index (χ0v) is 10.00. The lowest BCUT2D eigenvalue weighted by Gasteiger charge is -2.33. The van der Waals surface area contributed by atoms with Crippen LogP contribution in [0.2, 0.25) is 0 Å². The SMILES string of the molecule is Cc1cn([C@@H]2C[C@H](O)C[C@@H](CO)O2)c(=O)[nH]c1=O. The van der Waals surface area contributed by atoms with Gasteiger partial charge < -0.3 is 14.9 Å². The summed E-state index contributed by atoms with van der Waals surface area (Å²) in [6, 6.07) is 0. The Balaban J connectivity index is 2.33. The fourth-order valence-corrected chi connectivity index (χ4v) is 2.06. The number of ether oxygens (including phenoxy) is 1. The van der Waals surface area contributed by atoms with Crippen LogP contribution in [0, 0.1) is 6.92 Å². The molecular formula is C11H16N2O5. The number of H-pyrrole nitrogens is 1. The van der Waals surface area contributed by atoms with Crippen LogP contribution in [0.15, 0.2) is 15.8 Å². The Morgan fingerprint density at radius 2 is 2.22 bits per heavy atom. The summed E-state index contributed by atoms with van der Waals surface area (Å²) in [5.74, 6) is 0. The maximum absolute atomic E-state index is 11.7. The van der Waals surface area contributed by atoms with Gasteiger partial charge in [0, 0.05) is 24.6 Å². The molecule has 1 aromatic heterocycles. The van der Waals surface area contributed by atoms with Gasteiger partial charge in [0.2, 0.25) is 0 Å². The molecule has 0 radical (unpaired) electrons. The van der Waals surface area contributed by atoms with E-state index >= 15 is 0 Å². The Bertz CT molecular complexity index is 535. The van der Waals surface area contributed by atoms with Crippen LogP contribution in [0.1, 0.15) is 24.6 Å². The van der Waals surface area contributed by atoms with E-state index in [1.165, 1.54) is 10.8 Å². The lowest BCUT2D eigenvalue weighted by Crippen LogP contribution is -2.41. The Morgan fingerprint density at radius 3 is 2.89 bits per heavy atom. The number of hydrogen-bond donors (Lipinski definition) is 3. The number of aliphatic hydroxyl groups excluding tert-OH is 2. The number of aromatic nitrogens is 2. The zero-order valence-electron chi connectivity index (χ0n) is 10.00. The number of rotatable bonds is 2. The third kappa shape index (κ3) is 2.53. The van der Waals surface area contributed by atoms with Crippen molar-refractivity contribution in [2.45, 2.75) is 38.2 Å². The first kappa shape index (κ1) is 13.0. The summed E-state index contributed by atoms with van der Waals surface area (Å²) < 4.78 is 6.74. The van der Waals surface area contributed by atoms with Gasteiger partial charge in [0.05, 0.1) is 18.8 Å². The molecule has 0 saturated carbocycles. The second-order valence-electron chi connectivity index (χ2n) is 4.50. The molecule has 18 heavy (non-hydrogen) atoms. The van der Waals surface area contributed by atoms with E-state index in [0.29, 0.717) is 12.0 Å². The maximum Gasteiger partial charge on any atom is 0.330 e. The highest BCUT2D eigenvalue weighted by Gasteiger charge is 2.29. The van der Waals surface area contributed by atoms with Gasteiger partial charge in [-0.25, -0.2) is 4.79 Å². The minimum atomic E-state index is -0.672. The normalized spacial score (nSPS) is 28.3. The maximum atomic E-state index is 11.7. The summed E-state index contributed by atoms with van der Waals surface area (Å²) in [7, 11) is 0. The Kier molecular flexibility index (Phi) is 3.65. The number of aromatic amines is 1. The summed E-state index contributed by atoms with van der Waals surface area (Å²) in [4.78, 5) is 25.1. The molecule has 0 bridgehead atoms. The molecule has 0 unspecified atom stereocenters. The van der Waals surface area contributed by atoms with Crippen molar-refractivity contribution in [1.82, 2.24) is 9.55 Å². The molecule has 7 heteroatoms. The first-order chi connectivity index (χ1) is 8.51. The van der Waals surface area contributed by atoms with Gasteiger partial charge in [-0.2, -0.15) is 0 Å². The van der Waals surface area contributed by atoms with Crippen LogP contribution in [0.25, 0.3) is 0 Å². The molecule has 1 aromatic rings. The van der Waals surface area contributed by atoms with Crippen molar-refractivity contribution in [2.24, 2.45) is 0 Å². The predicted molar refractivity (Wildman–Crippen MR) is 62.3 cm³/mol. The molecule has 1 saturated heterocycles. The topological polar surface area (TPSA) is 105 Å². The molecule has 0 spiro atoms. The molecular weight excluding hydrogens is 240 g/mol. The van der Waals surface area contributed by atoms with E-state index in [4.69, 9.17) is 9.84 Å². The molecule has 2 rings (SSSR count). The summed E-state index contributed by atoms with van der Waals surface area (Å²) in [5.41, 5.74) is -0.633. The highest BCUT2D eigenvalue weighted by atomic mass is 16.5. The first-order valence-electron chi connectivity index (χ1n) is 5.77. The quantitative estimate of drug-likeness (QED) is 0.621. The Labute approximate surface area is 103 Å². The highest BCUT2D eigenvalue weighted by Crippen LogP contribution is 2.25. The largest absolute Gasteiger partial charge is 0.394 e. The lowest BCUT2D eigenvalue weighted by molar-refractivity contribution is -0.143. The minimum absolute atomic E-state index is 0.218. The van der Waals surface area contributed by atoms with E-state index in [9.17, 15) is 14.7 Å². The molecule has 0 aliphatic carbocycles. The van der Waals surface area contributed by atoms with Crippen LogP contribution in [0.5, 0.6) is 0 Å². The van der Waals surface area contributed by atoms with Crippen LogP contribution in [-0.4, -0.2) is 38.6 Å². The van der Waals surface area contributed by atoms with Gasteiger partial charge >= 0.3 is 5.69 Å². The van der Waals surface area contributed by atoms with Gasteiger partial charge in [-0.1, -0.05) is 0 Å². The third-order valence-corrected chi connectivity index (χ3v) is 3.02. The van der Waals surface area contributed by atoms with Crippen LogP contribution in [0.4, 0.5) is 0 Å². The van der Waals surface area contributed by atoms with Gasteiger partial charge in [0.1, 0.15) is 6.23 Å². The highest BCUT2D eigenvalue weighted by molar-refractivity contribution is 5.01. The average molecular weight is 256 g/mol. The number of nitrogens with one attached hydrogen (secondary N) is 1. The molecule has 1 fully saturated rings. The average Bonchev–Trinajstić information content (AvgIpc) is 2.33. The molecule has 0 aromatic carbocycles. The summed E-state index contributed by atoms with van der Waals surface area (Å²) in [6.07, 6.45) is 0.177. The number of hydrogen-bond acceptors (Lipinski definition) is 5. The number of nitrogens with zero attached hydrogens (tertiary/aromatic N) is 1. The second-order valence-corrected chi connectivity index (χ2v) is 4.50. The standard InChI is InChI=1S/C11H16N2O5/c1-6-4-13(11(17)12-10(6)16)9-3-7(15)2-8(5-14)18-9/h4,7-9,14-15H,2-3,5H2,1H3,(H,12,16,17)/t7-,8+,9+/m1/s1. The van der Waals surface area contributed by atoms with Crippen molar-refractivity contribution in [3.8, 4) is 0 Å². The molecule has 3 N–H and O–H groups in total. The summed E-state index contributed by atoms with van der Waals surface area (Å²) in [5, 5.41) is 18.7. The molecule has 3 atom stereocenters. The van der Waals surface area contributed by atoms with E-state index in [-0.39, 0.29) is 13.0 Å².